The fraction of sp³-hybridized carbons (Fsp3) is 0.632. The van der Waals surface area contributed by atoms with Gasteiger partial charge in [0.1, 0.15) is 6.10 Å². The Balaban J connectivity index is 0.000000197. The maximum absolute atomic E-state index is 10.3. The van der Waals surface area contributed by atoms with Crippen LogP contribution in [0.25, 0.3) is 0 Å². The number of aliphatic carboxylic acids is 1. The fourth-order valence-electron chi connectivity index (χ4n) is 3.05. The quantitative estimate of drug-likeness (QED) is 0.624. The van der Waals surface area contributed by atoms with Crippen molar-refractivity contribution in [3.05, 3.63) is 35.9 Å². The Hall–Kier alpha value is -1.51. The van der Waals surface area contributed by atoms with E-state index in [1.807, 2.05) is 0 Å². The predicted octanol–water partition coefficient (Wildman–Crippen LogP) is -0.823. The van der Waals surface area contributed by atoms with Crippen LogP contribution in [0.15, 0.2) is 30.3 Å². The van der Waals surface area contributed by atoms with Gasteiger partial charge in [-0.2, -0.15) is 0 Å². The molecular weight excluding hydrogens is 338 g/mol. The van der Waals surface area contributed by atoms with Crippen molar-refractivity contribution >= 4 is 5.97 Å². The lowest BCUT2D eigenvalue weighted by Gasteiger charge is -2.33. The molecule has 146 valence electrons. The van der Waals surface area contributed by atoms with Crippen LogP contribution in [0.1, 0.15) is 43.8 Å². The zero-order valence-electron chi connectivity index (χ0n) is 15.0. The Bertz CT molecular complexity index is 538. The zero-order chi connectivity index (χ0) is 19.0. The zero-order valence-corrected chi connectivity index (χ0v) is 15.0. The second-order valence-electron chi connectivity index (χ2n) is 7.10. The van der Waals surface area contributed by atoms with Crippen molar-refractivity contribution in [1.29, 1.82) is 0 Å². The molecule has 2 aliphatic rings. The lowest BCUT2D eigenvalue weighted by Crippen LogP contribution is -2.63. The molecule has 26 heavy (non-hydrogen) atoms. The molecule has 7 heteroatoms. The summed E-state index contributed by atoms with van der Waals surface area (Å²) in [7, 11) is 0. The monoisotopic (exact) mass is 367 g/mol. The van der Waals surface area contributed by atoms with Gasteiger partial charge in [-0.25, -0.2) is 0 Å². The molecule has 7 nitrogen and oxygen atoms in total. The van der Waals surface area contributed by atoms with Gasteiger partial charge in [-0.05, 0) is 24.8 Å². The maximum Gasteiger partial charge on any atom is 0.118 e. The van der Waals surface area contributed by atoms with Crippen molar-refractivity contribution in [3.8, 4) is 0 Å². The number of rotatable bonds is 5. The average Bonchev–Trinajstić information content (AvgIpc) is 3.17. The molecule has 0 bridgehead atoms. The first-order valence-corrected chi connectivity index (χ1v) is 9.08. The smallest absolute Gasteiger partial charge is 0.118 e. The first kappa shape index (κ1) is 20.8. The summed E-state index contributed by atoms with van der Waals surface area (Å²) in [6.45, 7) is 1.95. The summed E-state index contributed by atoms with van der Waals surface area (Å²) >= 11 is 0. The Kier molecular flexibility index (Phi) is 7.99. The van der Waals surface area contributed by atoms with E-state index in [9.17, 15) is 15.0 Å². The van der Waals surface area contributed by atoms with Gasteiger partial charge in [-0.15, -0.1) is 0 Å². The second-order valence-corrected chi connectivity index (χ2v) is 7.10. The summed E-state index contributed by atoms with van der Waals surface area (Å²) in [5.41, 5.74) is 3.77. The molecule has 3 rings (SSSR count). The van der Waals surface area contributed by atoms with Crippen LogP contribution in [-0.2, 0) is 14.3 Å². The van der Waals surface area contributed by atoms with Crippen molar-refractivity contribution in [1.82, 2.24) is 0 Å². The molecule has 2 fully saturated rings. The van der Waals surface area contributed by atoms with E-state index in [2.05, 4.69) is 5.73 Å². The topological polar surface area (TPSA) is 127 Å². The number of hydrogen-bond donors (Lipinski definition) is 3. The van der Waals surface area contributed by atoms with E-state index in [1.54, 1.807) is 18.2 Å². The molecule has 1 heterocycles. The van der Waals surface area contributed by atoms with Gasteiger partial charge in [0.05, 0.1) is 36.9 Å². The minimum absolute atomic E-state index is 0.200. The lowest BCUT2D eigenvalue weighted by molar-refractivity contribution is -0.429. The molecule has 1 aliphatic carbocycles. The summed E-state index contributed by atoms with van der Waals surface area (Å²) in [5.74, 6) is -1.48. The average molecular weight is 367 g/mol. The van der Waals surface area contributed by atoms with Gasteiger partial charge in [-0.3, -0.25) is 0 Å². The van der Waals surface area contributed by atoms with E-state index < -0.39 is 17.7 Å². The molecule has 0 radical (unpaired) electrons. The summed E-state index contributed by atoms with van der Waals surface area (Å²) in [4.78, 5) is 10.1. The first-order valence-electron chi connectivity index (χ1n) is 9.08. The molecular formula is C19H29NO6. The molecule has 0 aromatic heterocycles. The number of quaternary nitrogens is 1. The van der Waals surface area contributed by atoms with Crippen LogP contribution in [-0.4, -0.2) is 53.7 Å². The van der Waals surface area contributed by atoms with Crippen LogP contribution in [0.2, 0.25) is 0 Å². The van der Waals surface area contributed by atoms with E-state index in [0.29, 0.717) is 24.8 Å². The third kappa shape index (κ3) is 6.66. The summed E-state index contributed by atoms with van der Waals surface area (Å²) < 4.78 is 10.9. The van der Waals surface area contributed by atoms with Gasteiger partial charge in [0, 0.05) is 19.4 Å². The van der Waals surface area contributed by atoms with Crippen LogP contribution < -0.4 is 10.8 Å². The van der Waals surface area contributed by atoms with Gasteiger partial charge in [0.15, 0.2) is 0 Å². The Morgan fingerprint density at radius 2 is 1.96 bits per heavy atom. The third-order valence-electron chi connectivity index (χ3n) is 4.85. The molecule has 1 aromatic rings. The molecule has 1 aliphatic heterocycles. The highest BCUT2D eigenvalue weighted by Crippen LogP contribution is 2.28. The number of hydrogen-bond acceptors (Lipinski definition) is 6. The second kappa shape index (κ2) is 9.99. The molecule has 0 spiro atoms. The molecule has 5 N–H and O–H groups in total. The minimum Gasteiger partial charge on any atom is -0.547 e. The number of carboxylic acid groups (broad SMARTS) is 1. The molecule has 1 saturated carbocycles. The third-order valence-corrected chi connectivity index (χ3v) is 4.85. The Morgan fingerprint density at radius 1 is 1.31 bits per heavy atom. The molecule has 0 unspecified atom stereocenters. The van der Waals surface area contributed by atoms with Crippen LogP contribution in [0.4, 0.5) is 0 Å². The van der Waals surface area contributed by atoms with Crippen LogP contribution >= 0.6 is 0 Å². The number of aliphatic hydroxyl groups excluding tert-OH is 1. The van der Waals surface area contributed by atoms with Crippen molar-refractivity contribution < 1.29 is 35.3 Å². The highest BCUT2D eigenvalue weighted by Gasteiger charge is 2.34. The van der Waals surface area contributed by atoms with Crippen molar-refractivity contribution in [3.63, 3.8) is 0 Å². The Labute approximate surface area is 153 Å². The standard InChI is InChI=1S/C11H21NO3.C8H8O3/c12-9-1-4-11(13,5-2-9)8-15-10-3-6-14-7-10;9-7(8(10)11)6-4-2-1-3-5-6/h9-10,13H,1-8,12H2;1-5,7,9H,(H,10,11)/t9?,10-,11?;7-/m00/s1. The predicted molar refractivity (Wildman–Crippen MR) is 91.7 cm³/mol. The van der Waals surface area contributed by atoms with E-state index in [-0.39, 0.29) is 6.10 Å². The molecule has 1 saturated heterocycles. The highest BCUT2D eigenvalue weighted by atomic mass is 16.5. The molecule has 2 atom stereocenters. The molecule has 1 aromatic carbocycles. The summed E-state index contributed by atoms with van der Waals surface area (Å²) in [5, 5.41) is 29.3. The highest BCUT2D eigenvalue weighted by molar-refractivity contribution is 5.71. The SMILES string of the molecule is O=C([O-])[C@@H](O)c1ccccc1.[NH3+]C1CCC(O)(CO[C@H]2CCOC2)CC1. The number of carboxylic acids is 1. The fourth-order valence-corrected chi connectivity index (χ4v) is 3.05. The van der Waals surface area contributed by atoms with Crippen LogP contribution in [0, 0.1) is 0 Å². The van der Waals surface area contributed by atoms with E-state index in [4.69, 9.17) is 14.6 Å². The lowest BCUT2D eigenvalue weighted by atomic mass is 9.83. The van der Waals surface area contributed by atoms with Crippen molar-refractivity contribution in [2.24, 2.45) is 0 Å². The van der Waals surface area contributed by atoms with E-state index in [1.165, 1.54) is 12.1 Å². The number of aliphatic hydroxyl groups is 2. The maximum atomic E-state index is 10.3. The van der Waals surface area contributed by atoms with Gasteiger partial charge >= 0.3 is 0 Å². The normalized spacial score (nSPS) is 29.5. The summed E-state index contributed by atoms with van der Waals surface area (Å²) in [6, 6.07) is 8.62. The number of carbonyl (C=O) groups is 1. The van der Waals surface area contributed by atoms with E-state index in [0.717, 1.165) is 38.7 Å². The first-order chi connectivity index (χ1) is 12.4. The van der Waals surface area contributed by atoms with Crippen molar-refractivity contribution in [2.75, 3.05) is 19.8 Å². The Morgan fingerprint density at radius 3 is 2.50 bits per heavy atom. The van der Waals surface area contributed by atoms with Gasteiger partial charge < -0.3 is 35.3 Å². The molecule has 0 amide bonds. The van der Waals surface area contributed by atoms with Gasteiger partial charge in [0.2, 0.25) is 0 Å². The van der Waals surface area contributed by atoms with E-state index >= 15 is 0 Å². The minimum atomic E-state index is -1.52. The van der Waals surface area contributed by atoms with Gasteiger partial charge in [0.25, 0.3) is 0 Å². The largest absolute Gasteiger partial charge is 0.547 e. The van der Waals surface area contributed by atoms with Crippen LogP contribution in [0.5, 0.6) is 0 Å². The van der Waals surface area contributed by atoms with Crippen LogP contribution in [0.3, 0.4) is 0 Å². The summed E-state index contributed by atoms with van der Waals surface area (Å²) in [6.07, 6.45) is 3.34. The number of carbonyl (C=O) groups excluding carboxylic acids is 1. The number of benzene rings is 1. The van der Waals surface area contributed by atoms with Crippen molar-refractivity contribution in [2.45, 2.75) is 56.0 Å². The number of ether oxygens (including phenoxy) is 2. The van der Waals surface area contributed by atoms with Gasteiger partial charge in [-0.1, -0.05) is 30.3 Å².